The van der Waals surface area contributed by atoms with Crippen molar-refractivity contribution in [2.24, 2.45) is 0 Å². The van der Waals surface area contributed by atoms with Gasteiger partial charge in [0.2, 0.25) is 0 Å². The zero-order chi connectivity index (χ0) is 55.0. The van der Waals surface area contributed by atoms with E-state index in [1.165, 1.54) is 238 Å². The van der Waals surface area contributed by atoms with Gasteiger partial charge in [0.15, 0.2) is 6.10 Å². The van der Waals surface area contributed by atoms with Crippen LogP contribution in [0.15, 0.2) is 48.6 Å². The van der Waals surface area contributed by atoms with Gasteiger partial charge in [0.25, 0.3) is 0 Å². The Hall–Kier alpha value is -2.63. The van der Waals surface area contributed by atoms with Gasteiger partial charge < -0.3 is 14.2 Å². The number of hydrogen-bond acceptors (Lipinski definition) is 6. The molecule has 0 aliphatic carbocycles. The fourth-order valence-electron chi connectivity index (χ4n) is 10.1. The molecule has 444 valence electrons. The highest BCUT2D eigenvalue weighted by Crippen LogP contribution is 2.18. The van der Waals surface area contributed by atoms with Gasteiger partial charge in [0.1, 0.15) is 13.2 Å². The third-order valence-electron chi connectivity index (χ3n) is 15.1. The molecule has 0 aromatic heterocycles. The van der Waals surface area contributed by atoms with Crippen LogP contribution < -0.4 is 0 Å². The molecule has 0 N–H and O–H groups in total. The van der Waals surface area contributed by atoms with Crippen LogP contribution in [-0.4, -0.2) is 37.2 Å². The summed E-state index contributed by atoms with van der Waals surface area (Å²) >= 11 is 0. The second-order valence-corrected chi connectivity index (χ2v) is 22.7. The molecule has 1 unspecified atom stereocenters. The molecule has 0 amide bonds. The van der Waals surface area contributed by atoms with Gasteiger partial charge in [-0.25, -0.2) is 0 Å². The smallest absolute Gasteiger partial charge is 0.306 e. The summed E-state index contributed by atoms with van der Waals surface area (Å²) in [6.07, 6.45) is 81.5. The molecular formula is C70H128O6. The van der Waals surface area contributed by atoms with E-state index in [1.54, 1.807) is 0 Å². The molecule has 0 fully saturated rings. The van der Waals surface area contributed by atoms with Crippen molar-refractivity contribution in [3.05, 3.63) is 48.6 Å². The van der Waals surface area contributed by atoms with Gasteiger partial charge in [0.05, 0.1) is 0 Å². The summed E-state index contributed by atoms with van der Waals surface area (Å²) in [5.41, 5.74) is 0. The molecule has 76 heavy (non-hydrogen) atoms. The van der Waals surface area contributed by atoms with E-state index in [0.717, 1.165) is 83.5 Å². The van der Waals surface area contributed by atoms with Crippen LogP contribution in [0.25, 0.3) is 0 Å². The third kappa shape index (κ3) is 62.2. The van der Waals surface area contributed by atoms with Gasteiger partial charge in [-0.15, -0.1) is 0 Å². The molecule has 0 aliphatic rings. The lowest BCUT2D eigenvalue weighted by molar-refractivity contribution is -0.167. The van der Waals surface area contributed by atoms with Crippen LogP contribution in [0.4, 0.5) is 0 Å². The van der Waals surface area contributed by atoms with Gasteiger partial charge in [-0.3, -0.25) is 14.4 Å². The number of carbonyl (C=O) groups excluding carboxylic acids is 3. The molecule has 6 heteroatoms. The first kappa shape index (κ1) is 73.4. The van der Waals surface area contributed by atoms with E-state index < -0.39 is 6.10 Å². The predicted molar refractivity (Wildman–Crippen MR) is 330 cm³/mol. The van der Waals surface area contributed by atoms with Crippen LogP contribution in [0.3, 0.4) is 0 Å². The summed E-state index contributed by atoms with van der Waals surface area (Å²) in [6.45, 7) is 6.56. The molecule has 0 saturated carbocycles. The zero-order valence-electron chi connectivity index (χ0n) is 51.0. The molecule has 0 spiro atoms. The van der Waals surface area contributed by atoms with Gasteiger partial charge in [-0.1, -0.05) is 333 Å². The number of unbranched alkanes of at least 4 members (excludes halogenated alkanes) is 43. The largest absolute Gasteiger partial charge is 0.462 e. The number of hydrogen-bond donors (Lipinski definition) is 0. The lowest BCUT2D eigenvalue weighted by atomic mass is 10.0. The topological polar surface area (TPSA) is 78.9 Å². The Kier molecular flexibility index (Phi) is 62.6. The molecule has 0 rings (SSSR count). The number of ether oxygens (including phenoxy) is 3. The lowest BCUT2D eigenvalue weighted by Crippen LogP contribution is -2.30. The summed E-state index contributed by atoms with van der Waals surface area (Å²) in [6, 6.07) is 0. The summed E-state index contributed by atoms with van der Waals surface area (Å²) in [7, 11) is 0. The van der Waals surface area contributed by atoms with Crippen LogP contribution in [0, 0.1) is 0 Å². The highest BCUT2D eigenvalue weighted by atomic mass is 16.6. The Balaban J connectivity index is 4.10. The Morgan fingerprint density at radius 3 is 0.803 bits per heavy atom. The molecule has 6 nitrogen and oxygen atoms in total. The SMILES string of the molecule is CC/C=C\C/C=C\C/C=C\C/C=C\CCCCCCCCCCCCCCC(=O)OCC(COC(=O)CCCCCCCCCC)OC(=O)CCCCCCCCCCCCCCCCCCCCCCCCCCC. The van der Waals surface area contributed by atoms with Crippen molar-refractivity contribution >= 4 is 17.9 Å². The van der Waals surface area contributed by atoms with Crippen molar-refractivity contribution in [2.45, 2.75) is 367 Å². The molecule has 0 heterocycles. The lowest BCUT2D eigenvalue weighted by Gasteiger charge is -2.18. The molecule has 0 saturated heterocycles. The highest BCUT2D eigenvalue weighted by Gasteiger charge is 2.19. The quantitative estimate of drug-likeness (QED) is 0.0261. The monoisotopic (exact) mass is 1060 g/mol. The summed E-state index contributed by atoms with van der Waals surface area (Å²) in [5.74, 6) is -0.851. The molecule has 0 aromatic rings. The minimum atomic E-state index is -0.769. The molecule has 0 aliphatic heterocycles. The Labute approximate surface area is 473 Å². The molecule has 1 atom stereocenters. The van der Waals surface area contributed by atoms with E-state index in [1.807, 2.05) is 0 Å². The van der Waals surface area contributed by atoms with E-state index in [4.69, 9.17) is 14.2 Å². The molecular weight excluding hydrogens is 937 g/mol. The van der Waals surface area contributed by atoms with Crippen molar-refractivity contribution < 1.29 is 28.6 Å². The van der Waals surface area contributed by atoms with Crippen molar-refractivity contribution in [3.8, 4) is 0 Å². The first-order chi connectivity index (χ1) is 37.5. The molecule has 0 bridgehead atoms. The average Bonchev–Trinajstić information content (AvgIpc) is 3.42. The first-order valence-corrected chi connectivity index (χ1v) is 33.6. The molecule has 0 radical (unpaired) electrons. The van der Waals surface area contributed by atoms with Crippen LogP contribution in [0.1, 0.15) is 361 Å². The second kappa shape index (κ2) is 64.9. The van der Waals surface area contributed by atoms with E-state index in [-0.39, 0.29) is 31.1 Å². The van der Waals surface area contributed by atoms with Gasteiger partial charge in [-0.05, 0) is 57.8 Å². The van der Waals surface area contributed by atoms with Crippen molar-refractivity contribution in [2.75, 3.05) is 13.2 Å². The van der Waals surface area contributed by atoms with E-state index >= 15 is 0 Å². The average molecular weight is 1070 g/mol. The van der Waals surface area contributed by atoms with Crippen molar-refractivity contribution in [1.29, 1.82) is 0 Å². The van der Waals surface area contributed by atoms with Crippen molar-refractivity contribution in [1.82, 2.24) is 0 Å². The second-order valence-electron chi connectivity index (χ2n) is 22.7. The maximum absolute atomic E-state index is 12.9. The Morgan fingerprint density at radius 2 is 0.513 bits per heavy atom. The minimum absolute atomic E-state index is 0.0684. The highest BCUT2D eigenvalue weighted by molar-refractivity contribution is 5.71. The van der Waals surface area contributed by atoms with Crippen molar-refractivity contribution in [3.63, 3.8) is 0 Å². The Bertz CT molecular complexity index is 1310. The molecule has 0 aromatic carbocycles. The minimum Gasteiger partial charge on any atom is -0.462 e. The van der Waals surface area contributed by atoms with E-state index in [2.05, 4.69) is 69.4 Å². The van der Waals surface area contributed by atoms with Crippen LogP contribution in [0.5, 0.6) is 0 Å². The standard InChI is InChI=1S/C70H128O6/c1-4-7-10-13-16-19-21-23-25-27-29-31-33-35-37-39-41-43-45-47-49-51-54-57-60-63-69(72)75-66-67(65-74-68(71)62-59-56-53-18-15-12-9-6-3)76-70(73)64-61-58-55-52-50-48-46-44-42-40-38-36-34-32-30-28-26-24-22-20-17-14-11-8-5-2/h7,10,16,19,23,25,29,31,67H,4-6,8-9,11-15,17-18,20-22,24,26-28,30,32-66H2,1-3H3/b10-7-,19-16-,25-23-,31-29-. The van der Waals surface area contributed by atoms with Crippen LogP contribution in [0.2, 0.25) is 0 Å². The Morgan fingerprint density at radius 1 is 0.276 bits per heavy atom. The maximum Gasteiger partial charge on any atom is 0.306 e. The number of allylic oxidation sites excluding steroid dienone is 8. The van der Waals surface area contributed by atoms with E-state index in [9.17, 15) is 14.4 Å². The third-order valence-corrected chi connectivity index (χ3v) is 15.1. The zero-order valence-corrected chi connectivity index (χ0v) is 51.0. The fourth-order valence-corrected chi connectivity index (χ4v) is 10.1. The fraction of sp³-hybridized carbons (Fsp3) is 0.843. The first-order valence-electron chi connectivity index (χ1n) is 33.6. The van der Waals surface area contributed by atoms with Gasteiger partial charge in [-0.2, -0.15) is 0 Å². The predicted octanol–water partition coefficient (Wildman–Crippen LogP) is 22.9. The van der Waals surface area contributed by atoms with Crippen LogP contribution >= 0.6 is 0 Å². The summed E-state index contributed by atoms with van der Waals surface area (Å²) in [5, 5.41) is 0. The number of rotatable bonds is 62. The van der Waals surface area contributed by atoms with Gasteiger partial charge in [0, 0.05) is 19.3 Å². The maximum atomic E-state index is 12.9. The van der Waals surface area contributed by atoms with Crippen LogP contribution in [-0.2, 0) is 28.6 Å². The van der Waals surface area contributed by atoms with Gasteiger partial charge >= 0.3 is 17.9 Å². The number of esters is 3. The summed E-state index contributed by atoms with van der Waals surface area (Å²) < 4.78 is 16.9. The summed E-state index contributed by atoms with van der Waals surface area (Å²) in [4.78, 5) is 38.2. The van der Waals surface area contributed by atoms with E-state index in [0.29, 0.717) is 19.3 Å². The normalized spacial score (nSPS) is 12.3. The number of carbonyl (C=O) groups is 3.